The first-order chi connectivity index (χ1) is 4.95. The maximum absolute atomic E-state index is 5.10. The zero-order valence-corrected chi connectivity index (χ0v) is 5.11. The van der Waals surface area contributed by atoms with Gasteiger partial charge >= 0.3 is 0 Å². The van der Waals surface area contributed by atoms with Gasteiger partial charge in [0, 0.05) is 0 Å². The monoisotopic (exact) mass is 132 g/mol. The largest absolute Gasteiger partial charge is 0.334 e. The minimum Gasteiger partial charge on any atom is -0.334 e. The number of aromatic nitrogens is 2. The highest BCUT2D eigenvalue weighted by atomic mass is 16.5. The van der Waals surface area contributed by atoms with Crippen LogP contribution in [0.5, 0.6) is 0 Å². The van der Waals surface area contributed by atoms with Gasteiger partial charge in [0.25, 0.3) is 5.71 Å². The van der Waals surface area contributed by atoms with E-state index in [1.807, 2.05) is 24.3 Å². The Balaban J connectivity index is 2.78. The average molecular weight is 132 g/mol. The first-order valence-electron chi connectivity index (χ1n) is 3.11. The zero-order valence-electron chi connectivity index (χ0n) is 5.11. The summed E-state index contributed by atoms with van der Waals surface area (Å²) in [5, 5.41) is 5.13. The predicted octanol–water partition coefficient (Wildman–Crippen LogP) is 1.52. The van der Waals surface area contributed by atoms with Gasteiger partial charge in [-0.25, -0.2) is 0 Å². The Labute approximate surface area is 56.1 Å². The van der Waals surface area contributed by atoms with E-state index in [0.717, 1.165) is 16.6 Å². The van der Waals surface area contributed by atoms with Crippen LogP contribution in [0.4, 0.5) is 0 Å². The molecule has 0 saturated carbocycles. The molecule has 0 spiro atoms. The minimum absolute atomic E-state index is 0.746. The highest BCUT2D eigenvalue weighted by Crippen LogP contribution is 2.22. The van der Waals surface area contributed by atoms with Crippen LogP contribution >= 0.6 is 0 Å². The van der Waals surface area contributed by atoms with Gasteiger partial charge in [-0.2, -0.15) is 0 Å². The molecule has 3 aromatic heterocycles. The first kappa shape index (κ1) is 4.33. The van der Waals surface area contributed by atoms with Crippen LogP contribution in [-0.2, 0) is 0 Å². The maximum atomic E-state index is 5.10. The molecule has 3 nitrogen and oxygen atoms in total. The molecular weight excluding hydrogens is 128 g/mol. The topological polar surface area (TPSA) is 30.4 Å². The van der Waals surface area contributed by atoms with Crippen molar-refractivity contribution >= 4 is 16.6 Å². The quantitative estimate of drug-likeness (QED) is 0.464. The fraction of sp³-hybridized carbons (Fsp3) is 0. The Hall–Kier alpha value is -1.51. The number of para-hydroxylation sites is 1. The van der Waals surface area contributed by atoms with Crippen molar-refractivity contribution in [3.05, 3.63) is 24.3 Å². The molecule has 4 aromatic rings. The van der Waals surface area contributed by atoms with E-state index in [1.165, 1.54) is 4.69 Å². The van der Waals surface area contributed by atoms with Crippen LogP contribution in [0, 0.1) is 0 Å². The van der Waals surface area contributed by atoms with Crippen molar-refractivity contribution in [1.29, 1.82) is 0 Å². The molecule has 3 heteroatoms. The molecule has 0 amide bonds. The van der Waals surface area contributed by atoms with Crippen LogP contribution in [-0.4, -0.2) is 9.79 Å². The second-order valence-corrected chi connectivity index (χ2v) is 2.29. The van der Waals surface area contributed by atoms with E-state index in [9.17, 15) is 0 Å². The van der Waals surface area contributed by atoms with Crippen LogP contribution in [0.1, 0.15) is 0 Å². The molecule has 0 saturated heterocycles. The number of rotatable bonds is 0. The van der Waals surface area contributed by atoms with Crippen molar-refractivity contribution in [3.8, 4) is 0 Å². The molecular formula is C7H4N2O. The summed E-state index contributed by atoms with van der Waals surface area (Å²) in [4.78, 5) is 0. The van der Waals surface area contributed by atoms with Gasteiger partial charge in [-0.1, -0.05) is 21.9 Å². The number of nitrogens with zero attached hydrogens (tertiary/aromatic N) is 2. The third-order valence-electron chi connectivity index (χ3n) is 1.70. The summed E-state index contributed by atoms with van der Waals surface area (Å²) in [7, 11) is 0. The van der Waals surface area contributed by atoms with Crippen LogP contribution in [0.3, 0.4) is 0 Å². The normalized spacial score (nSPS) is 12.0. The molecule has 0 aliphatic heterocycles. The molecule has 0 fully saturated rings. The van der Waals surface area contributed by atoms with Gasteiger partial charge < -0.3 is 4.52 Å². The Morgan fingerprint density at radius 1 is 1.30 bits per heavy atom. The summed E-state index contributed by atoms with van der Waals surface area (Å²) >= 11 is 0. The second kappa shape index (κ2) is 1.16. The lowest BCUT2D eigenvalue weighted by atomic mass is 10.3. The lowest BCUT2D eigenvalue weighted by Crippen LogP contribution is -1.87. The molecule has 1 aromatic carbocycles. The SMILES string of the molecule is c1ccc2c(c1)c1nn2o1. The molecule has 2 bridgehead atoms. The summed E-state index contributed by atoms with van der Waals surface area (Å²) in [6.07, 6.45) is 0. The third-order valence-corrected chi connectivity index (χ3v) is 1.70. The van der Waals surface area contributed by atoms with Gasteiger partial charge in [0.15, 0.2) is 0 Å². The van der Waals surface area contributed by atoms with E-state index < -0.39 is 0 Å². The Morgan fingerprint density at radius 3 is 2.90 bits per heavy atom. The summed E-state index contributed by atoms with van der Waals surface area (Å²) in [5.74, 6) is 0. The van der Waals surface area contributed by atoms with Crippen molar-refractivity contribution in [2.75, 3.05) is 0 Å². The summed E-state index contributed by atoms with van der Waals surface area (Å²) in [6, 6.07) is 7.94. The molecule has 0 aliphatic rings. The Kier molecular flexibility index (Phi) is 0.502. The molecule has 10 heavy (non-hydrogen) atoms. The van der Waals surface area contributed by atoms with E-state index in [-0.39, 0.29) is 0 Å². The van der Waals surface area contributed by atoms with E-state index in [0.29, 0.717) is 0 Å². The standard InChI is InChI=1S/C7H4N2O/c1-2-4-6-5(3-1)7-8-9(6)10-7/h1-4H. The molecule has 0 radical (unpaired) electrons. The molecule has 0 aliphatic carbocycles. The van der Waals surface area contributed by atoms with Crippen molar-refractivity contribution in [1.82, 2.24) is 9.79 Å². The smallest absolute Gasteiger partial charge is 0.278 e. The summed E-state index contributed by atoms with van der Waals surface area (Å²) in [5.41, 5.74) is 1.80. The fourth-order valence-electron chi connectivity index (χ4n) is 1.20. The molecule has 0 unspecified atom stereocenters. The van der Waals surface area contributed by atoms with Gasteiger partial charge in [0.1, 0.15) is 5.52 Å². The molecule has 0 N–H and O–H groups in total. The van der Waals surface area contributed by atoms with Crippen LogP contribution in [0.15, 0.2) is 28.8 Å². The average Bonchev–Trinajstić information content (AvgIpc) is 2.36. The van der Waals surface area contributed by atoms with Crippen LogP contribution in [0.2, 0.25) is 0 Å². The van der Waals surface area contributed by atoms with Crippen molar-refractivity contribution in [2.24, 2.45) is 0 Å². The lowest BCUT2D eigenvalue weighted by Gasteiger charge is -1.86. The highest BCUT2D eigenvalue weighted by molar-refractivity contribution is 5.91. The fourth-order valence-corrected chi connectivity index (χ4v) is 1.20. The molecule has 3 heterocycles. The second-order valence-electron chi connectivity index (χ2n) is 2.29. The van der Waals surface area contributed by atoms with Crippen LogP contribution < -0.4 is 0 Å². The van der Waals surface area contributed by atoms with E-state index in [2.05, 4.69) is 5.10 Å². The van der Waals surface area contributed by atoms with Gasteiger partial charge in [-0.15, -0.1) is 0 Å². The van der Waals surface area contributed by atoms with Gasteiger partial charge in [-0.3, -0.25) is 0 Å². The van der Waals surface area contributed by atoms with E-state index >= 15 is 0 Å². The Morgan fingerprint density at radius 2 is 2.10 bits per heavy atom. The lowest BCUT2D eigenvalue weighted by molar-refractivity contribution is 0.301. The number of hydrogen-bond donors (Lipinski definition) is 0. The minimum atomic E-state index is 0.746. The van der Waals surface area contributed by atoms with Gasteiger partial charge in [0.05, 0.1) is 5.39 Å². The third kappa shape index (κ3) is 0.301. The summed E-state index contributed by atoms with van der Waals surface area (Å²) in [6.45, 7) is 0. The molecule has 4 rings (SSSR count). The van der Waals surface area contributed by atoms with Crippen molar-refractivity contribution < 1.29 is 4.52 Å². The van der Waals surface area contributed by atoms with Crippen molar-refractivity contribution in [3.63, 3.8) is 0 Å². The first-order valence-corrected chi connectivity index (χ1v) is 3.11. The highest BCUT2D eigenvalue weighted by Gasteiger charge is 2.11. The van der Waals surface area contributed by atoms with Crippen LogP contribution in [0.25, 0.3) is 16.6 Å². The number of hydrogen-bond acceptors (Lipinski definition) is 2. The van der Waals surface area contributed by atoms with E-state index in [4.69, 9.17) is 4.52 Å². The van der Waals surface area contributed by atoms with Gasteiger partial charge in [-0.05, 0) is 12.1 Å². The Bertz CT molecular complexity index is 410. The maximum Gasteiger partial charge on any atom is 0.278 e. The zero-order chi connectivity index (χ0) is 6.55. The van der Waals surface area contributed by atoms with Crippen molar-refractivity contribution in [2.45, 2.75) is 0 Å². The molecule has 0 atom stereocenters. The summed E-state index contributed by atoms with van der Waals surface area (Å²) < 4.78 is 6.64. The van der Waals surface area contributed by atoms with Gasteiger partial charge in [0.2, 0.25) is 0 Å². The van der Waals surface area contributed by atoms with E-state index in [1.54, 1.807) is 0 Å². The number of benzene rings is 1. The predicted molar refractivity (Wildman–Crippen MR) is 36.2 cm³/mol. The molecule has 48 valence electrons.